The number of amides is 2. The first-order valence-corrected chi connectivity index (χ1v) is 7.59. The molecule has 8 nitrogen and oxygen atoms in total. The van der Waals surface area contributed by atoms with E-state index in [0.717, 1.165) is 26.8 Å². The van der Waals surface area contributed by atoms with Gasteiger partial charge in [0.2, 0.25) is 5.95 Å². The number of H-pyrrole nitrogens is 1. The highest BCUT2D eigenvalue weighted by atomic mass is 32.1. The quantitative estimate of drug-likeness (QED) is 0.461. The van der Waals surface area contributed by atoms with E-state index in [1.807, 2.05) is 29.6 Å². The molecule has 3 aromatic heterocycles. The number of aromatic nitrogens is 4. The smallest absolute Gasteiger partial charge is 0.319 e. The summed E-state index contributed by atoms with van der Waals surface area (Å²) in [6.45, 7) is 0. The molecule has 0 spiro atoms. The molecule has 4 rings (SSSR count). The zero-order valence-corrected chi connectivity index (χ0v) is 12.5. The standard InChI is InChI=1S/C14H11N7OS/c15-13(22)20-14-18-10-3-4-23-11(10)12(19-14)17-8-1-2-9-7(5-8)6-16-21-9/h1-6H,(H,16,21)(H4,15,17,18,19,20,22). The number of hydrogen-bond acceptors (Lipinski definition) is 6. The lowest BCUT2D eigenvalue weighted by Gasteiger charge is -2.09. The summed E-state index contributed by atoms with van der Waals surface area (Å²) in [5.74, 6) is 0.770. The molecular formula is C14H11N7OS. The van der Waals surface area contributed by atoms with Gasteiger partial charge in [0.15, 0.2) is 5.82 Å². The van der Waals surface area contributed by atoms with Gasteiger partial charge >= 0.3 is 6.03 Å². The lowest BCUT2D eigenvalue weighted by atomic mass is 10.2. The van der Waals surface area contributed by atoms with Gasteiger partial charge in [0.05, 0.1) is 21.9 Å². The fourth-order valence-corrected chi connectivity index (χ4v) is 3.05. The van der Waals surface area contributed by atoms with Crippen molar-refractivity contribution in [2.75, 3.05) is 10.6 Å². The fourth-order valence-electron chi connectivity index (χ4n) is 2.27. The number of fused-ring (bicyclic) bond motifs is 2. The number of rotatable bonds is 3. The number of benzene rings is 1. The van der Waals surface area contributed by atoms with E-state index in [-0.39, 0.29) is 5.95 Å². The van der Waals surface area contributed by atoms with Crippen LogP contribution in [0.5, 0.6) is 0 Å². The average Bonchev–Trinajstić information content (AvgIpc) is 3.14. The third kappa shape index (κ3) is 2.53. The highest BCUT2D eigenvalue weighted by Gasteiger charge is 2.11. The molecule has 0 aliphatic carbocycles. The van der Waals surface area contributed by atoms with Gasteiger partial charge in [-0.25, -0.2) is 9.78 Å². The van der Waals surface area contributed by atoms with Crippen LogP contribution in [0, 0.1) is 0 Å². The molecule has 23 heavy (non-hydrogen) atoms. The number of nitrogens with one attached hydrogen (secondary N) is 3. The molecule has 0 unspecified atom stereocenters. The van der Waals surface area contributed by atoms with Crippen molar-refractivity contribution in [1.82, 2.24) is 20.2 Å². The molecule has 4 aromatic rings. The van der Waals surface area contributed by atoms with Crippen molar-refractivity contribution >= 4 is 55.9 Å². The van der Waals surface area contributed by atoms with Crippen LogP contribution >= 0.6 is 11.3 Å². The monoisotopic (exact) mass is 325 g/mol. The molecule has 0 radical (unpaired) electrons. The maximum atomic E-state index is 11.0. The number of nitrogens with zero attached hydrogens (tertiary/aromatic N) is 3. The van der Waals surface area contributed by atoms with Crippen molar-refractivity contribution in [3.8, 4) is 0 Å². The van der Waals surface area contributed by atoms with Gasteiger partial charge in [0, 0.05) is 11.1 Å². The summed E-state index contributed by atoms with van der Waals surface area (Å²) in [4.78, 5) is 19.6. The van der Waals surface area contributed by atoms with Gasteiger partial charge in [-0.2, -0.15) is 10.1 Å². The van der Waals surface area contributed by atoms with Crippen LogP contribution < -0.4 is 16.4 Å². The van der Waals surface area contributed by atoms with Crippen LogP contribution in [0.3, 0.4) is 0 Å². The summed E-state index contributed by atoms with van der Waals surface area (Å²) < 4.78 is 0.896. The molecule has 5 N–H and O–H groups in total. The SMILES string of the molecule is NC(=O)Nc1nc(Nc2ccc3[nH]ncc3c2)c2sccc2n1. The zero-order chi connectivity index (χ0) is 15.8. The highest BCUT2D eigenvalue weighted by Crippen LogP contribution is 2.30. The third-order valence-electron chi connectivity index (χ3n) is 3.24. The first-order chi connectivity index (χ1) is 11.2. The van der Waals surface area contributed by atoms with Gasteiger partial charge in [-0.15, -0.1) is 11.3 Å². The second kappa shape index (κ2) is 5.21. The first kappa shape index (κ1) is 13.5. The molecule has 0 aliphatic rings. The van der Waals surface area contributed by atoms with Gasteiger partial charge in [0.25, 0.3) is 0 Å². The van der Waals surface area contributed by atoms with Crippen LogP contribution in [0.4, 0.5) is 22.2 Å². The van der Waals surface area contributed by atoms with Crippen molar-refractivity contribution in [2.24, 2.45) is 5.73 Å². The number of thiophene rings is 1. The Bertz CT molecular complexity index is 1020. The van der Waals surface area contributed by atoms with Gasteiger partial charge < -0.3 is 11.1 Å². The van der Waals surface area contributed by atoms with E-state index in [2.05, 4.69) is 30.8 Å². The van der Waals surface area contributed by atoms with Crippen molar-refractivity contribution in [3.05, 3.63) is 35.8 Å². The molecule has 0 saturated heterocycles. The Labute approximate surface area is 133 Å². The van der Waals surface area contributed by atoms with Crippen LogP contribution in [-0.4, -0.2) is 26.2 Å². The number of urea groups is 1. The van der Waals surface area contributed by atoms with Gasteiger partial charge in [-0.1, -0.05) is 0 Å². The fraction of sp³-hybridized carbons (Fsp3) is 0. The van der Waals surface area contributed by atoms with Crippen molar-refractivity contribution in [1.29, 1.82) is 0 Å². The van der Waals surface area contributed by atoms with Crippen molar-refractivity contribution < 1.29 is 4.79 Å². The first-order valence-electron chi connectivity index (χ1n) is 6.71. The van der Waals surface area contributed by atoms with Crippen LogP contribution in [0.1, 0.15) is 0 Å². The lowest BCUT2D eigenvalue weighted by molar-refractivity contribution is 0.259. The minimum Gasteiger partial charge on any atom is -0.351 e. The number of hydrogen-bond donors (Lipinski definition) is 4. The molecule has 2 amide bonds. The summed E-state index contributed by atoms with van der Waals surface area (Å²) >= 11 is 1.52. The zero-order valence-electron chi connectivity index (χ0n) is 11.7. The number of primary amides is 1. The van der Waals surface area contributed by atoms with E-state index < -0.39 is 6.03 Å². The molecule has 3 heterocycles. The second-order valence-electron chi connectivity index (χ2n) is 4.82. The number of aromatic amines is 1. The molecule has 0 fully saturated rings. The van der Waals surface area contributed by atoms with E-state index in [1.165, 1.54) is 11.3 Å². The molecule has 1 aromatic carbocycles. The Kier molecular flexibility index (Phi) is 3.05. The van der Waals surface area contributed by atoms with Gasteiger partial charge in [-0.3, -0.25) is 10.4 Å². The maximum absolute atomic E-state index is 11.0. The number of carbonyl (C=O) groups excluding carboxylic acids is 1. The summed E-state index contributed by atoms with van der Waals surface area (Å²) in [5.41, 5.74) is 7.69. The Hall–Kier alpha value is -3.20. The third-order valence-corrected chi connectivity index (χ3v) is 4.15. The van der Waals surface area contributed by atoms with E-state index >= 15 is 0 Å². The molecule has 0 bridgehead atoms. The predicted molar refractivity (Wildman–Crippen MR) is 90.0 cm³/mol. The average molecular weight is 325 g/mol. The predicted octanol–water partition coefficient (Wildman–Crippen LogP) is 2.80. The summed E-state index contributed by atoms with van der Waals surface area (Å²) in [5, 5.41) is 15.5. The molecule has 0 saturated carbocycles. The summed E-state index contributed by atoms with van der Waals surface area (Å²) in [7, 11) is 0. The minimum atomic E-state index is -0.703. The van der Waals surface area contributed by atoms with E-state index in [0.29, 0.717) is 5.82 Å². The van der Waals surface area contributed by atoms with Crippen LogP contribution in [0.15, 0.2) is 35.8 Å². The second-order valence-corrected chi connectivity index (χ2v) is 5.73. The maximum Gasteiger partial charge on any atom is 0.319 e. The Balaban J connectivity index is 1.77. The Morgan fingerprint density at radius 1 is 1.26 bits per heavy atom. The minimum absolute atomic E-state index is 0.162. The Morgan fingerprint density at radius 2 is 2.17 bits per heavy atom. The molecule has 0 atom stereocenters. The van der Waals surface area contributed by atoms with Crippen molar-refractivity contribution in [2.45, 2.75) is 0 Å². The van der Waals surface area contributed by atoms with Gasteiger partial charge in [-0.05, 0) is 29.6 Å². The van der Waals surface area contributed by atoms with Crippen molar-refractivity contribution in [3.63, 3.8) is 0 Å². The molecule has 114 valence electrons. The van der Waals surface area contributed by atoms with Crippen LogP contribution in [-0.2, 0) is 0 Å². The highest BCUT2D eigenvalue weighted by molar-refractivity contribution is 7.17. The largest absolute Gasteiger partial charge is 0.351 e. The lowest BCUT2D eigenvalue weighted by Crippen LogP contribution is -2.21. The summed E-state index contributed by atoms with van der Waals surface area (Å²) in [6.07, 6.45) is 1.75. The number of nitrogens with two attached hydrogens (primary N) is 1. The topological polar surface area (TPSA) is 122 Å². The number of anilines is 3. The summed E-state index contributed by atoms with van der Waals surface area (Å²) in [6, 6.07) is 6.97. The molecule has 0 aliphatic heterocycles. The molecular weight excluding hydrogens is 314 g/mol. The number of carbonyl (C=O) groups is 1. The van der Waals surface area contributed by atoms with Crippen LogP contribution in [0.2, 0.25) is 0 Å². The van der Waals surface area contributed by atoms with E-state index in [9.17, 15) is 4.79 Å². The molecule has 9 heteroatoms. The Morgan fingerprint density at radius 3 is 3.04 bits per heavy atom. The van der Waals surface area contributed by atoms with E-state index in [1.54, 1.807) is 6.20 Å². The van der Waals surface area contributed by atoms with E-state index in [4.69, 9.17) is 5.73 Å². The van der Waals surface area contributed by atoms with Gasteiger partial charge in [0.1, 0.15) is 0 Å². The normalized spacial score (nSPS) is 11.0. The van der Waals surface area contributed by atoms with Crippen LogP contribution in [0.25, 0.3) is 21.1 Å².